The van der Waals surface area contributed by atoms with Crippen molar-refractivity contribution in [3.05, 3.63) is 27.7 Å². The van der Waals surface area contributed by atoms with E-state index < -0.39 is 5.43 Å². The number of aromatic nitrogens is 1. The average molecular weight is 308 g/mol. The molecule has 2 rings (SSSR count). The van der Waals surface area contributed by atoms with E-state index in [9.17, 15) is 15.0 Å². The van der Waals surface area contributed by atoms with E-state index in [0.717, 1.165) is 25.9 Å². The highest BCUT2D eigenvalue weighted by atomic mass is 16.3. The maximum atomic E-state index is 12.0. The van der Waals surface area contributed by atoms with Gasteiger partial charge in [0, 0.05) is 23.8 Å². The van der Waals surface area contributed by atoms with Crippen molar-refractivity contribution in [3.8, 4) is 5.75 Å². The van der Waals surface area contributed by atoms with E-state index in [2.05, 4.69) is 4.90 Å². The number of aliphatic hydroxyl groups is 1. The van der Waals surface area contributed by atoms with Crippen LogP contribution in [0.3, 0.4) is 0 Å². The van der Waals surface area contributed by atoms with Gasteiger partial charge in [0.1, 0.15) is 0 Å². The Morgan fingerprint density at radius 1 is 1.14 bits per heavy atom. The predicted octanol–water partition coefficient (Wildman–Crippen LogP) is 2.18. The molecule has 0 aliphatic carbocycles. The second-order valence-corrected chi connectivity index (χ2v) is 7.15. The number of pyridine rings is 1. The lowest BCUT2D eigenvalue weighted by atomic mass is 10.0. The first kappa shape index (κ1) is 17.0. The molecule has 0 radical (unpaired) electrons. The summed E-state index contributed by atoms with van der Waals surface area (Å²) in [5.41, 5.74) is 0.449. The molecule has 0 spiro atoms. The summed E-state index contributed by atoms with van der Waals surface area (Å²) in [5.74, 6) is -0.184. The average Bonchev–Trinajstić information content (AvgIpc) is 2.70. The van der Waals surface area contributed by atoms with E-state index in [1.165, 1.54) is 18.9 Å². The van der Waals surface area contributed by atoms with Crippen LogP contribution in [-0.4, -0.2) is 32.8 Å². The van der Waals surface area contributed by atoms with Crippen molar-refractivity contribution in [3.63, 3.8) is 0 Å². The van der Waals surface area contributed by atoms with E-state index in [1.54, 1.807) is 0 Å². The van der Waals surface area contributed by atoms with Crippen molar-refractivity contribution in [1.29, 1.82) is 0 Å². The maximum Gasteiger partial charge on any atom is 0.223 e. The van der Waals surface area contributed by atoms with Crippen LogP contribution in [0, 0.1) is 0 Å². The number of hydrogen-bond acceptors (Lipinski definition) is 4. The molecule has 0 unspecified atom stereocenters. The topological polar surface area (TPSA) is 65.7 Å². The Labute approximate surface area is 132 Å². The quantitative estimate of drug-likeness (QED) is 0.898. The first-order chi connectivity index (χ1) is 10.3. The van der Waals surface area contributed by atoms with Crippen LogP contribution >= 0.6 is 0 Å². The SMILES string of the molecule is CC(C)(C)n1c(CO)cc(=O)c(O)c1CN1CCCCCC1. The zero-order chi connectivity index (χ0) is 16.3. The molecule has 1 saturated heterocycles. The van der Waals surface area contributed by atoms with Gasteiger partial charge in [0.05, 0.1) is 12.3 Å². The highest BCUT2D eigenvalue weighted by Gasteiger charge is 2.25. The van der Waals surface area contributed by atoms with Gasteiger partial charge in [0.2, 0.25) is 5.43 Å². The Balaban J connectivity index is 2.47. The molecule has 0 aromatic carbocycles. The van der Waals surface area contributed by atoms with Gasteiger partial charge in [-0.1, -0.05) is 12.8 Å². The molecule has 124 valence electrons. The molecule has 0 atom stereocenters. The first-order valence-corrected chi connectivity index (χ1v) is 8.15. The van der Waals surface area contributed by atoms with Gasteiger partial charge < -0.3 is 14.8 Å². The summed E-state index contributed by atoms with van der Waals surface area (Å²) in [6.07, 6.45) is 4.79. The normalized spacial score (nSPS) is 17.5. The van der Waals surface area contributed by atoms with Gasteiger partial charge in [0.15, 0.2) is 5.75 Å². The van der Waals surface area contributed by atoms with Crippen molar-refractivity contribution in [2.45, 2.75) is 65.1 Å². The van der Waals surface area contributed by atoms with E-state index in [0.29, 0.717) is 17.9 Å². The Morgan fingerprint density at radius 2 is 1.73 bits per heavy atom. The Kier molecular flexibility index (Phi) is 5.29. The monoisotopic (exact) mass is 308 g/mol. The fourth-order valence-corrected chi connectivity index (χ4v) is 3.31. The van der Waals surface area contributed by atoms with Gasteiger partial charge in [-0.3, -0.25) is 9.69 Å². The molecule has 0 bridgehead atoms. The third-order valence-electron chi connectivity index (χ3n) is 4.27. The summed E-state index contributed by atoms with van der Waals surface area (Å²) >= 11 is 0. The van der Waals surface area contributed by atoms with Crippen LogP contribution in [0.25, 0.3) is 0 Å². The lowest BCUT2D eigenvalue weighted by Gasteiger charge is -2.32. The Hall–Kier alpha value is -1.33. The summed E-state index contributed by atoms with van der Waals surface area (Å²) in [6.45, 7) is 8.36. The molecule has 0 amide bonds. The number of nitrogens with zero attached hydrogens (tertiary/aromatic N) is 2. The van der Waals surface area contributed by atoms with Crippen LogP contribution in [0.15, 0.2) is 10.9 Å². The molecule has 1 aliphatic heterocycles. The minimum Gasteiger partial charge on any atom is -0.503 e. The molecular formula is C17H28N2O3. The molecule has 1 aliphatic rings. The molecule has 22 heavy (non-hydrogen) atoms. The highest BCUT2D eigenvalue weighted by molar-refractivity contribution is 5.31. The second kappa shape index (κ2) is 6.84. The first-order valence-electron chi connectivity index (χ1n) is 8.15. The molecule has 1 aromatic rings. The van der Waals surface area contributed by atoms with Gasteiger partial charge >= 0.3 is 0 Å². The van der Waals surface area contributed by atoms with Gasteiger partial charge in [-0.25, -0.2) is 0 Å². The van der Waals surface area contributed by atoms with Crippen LogP contribution < -0.4 is 5.43 Å². The number of hydrogen-bond donors (Lipinski definition) is 2. The maximum absolute atomic E-state index is 12.0. The Morgan fingerprint density at radius 3 is 2.23 bits per heavy atom. The molecule has 2 N–H and O–H groups in total. The summed E-state index contributed by atoms with van der Waals surface area (Å²) < 4.78 is 1.91. The smallest absolute Gasteiger partial charge is 0.223 e. The van der Waals surface area contributed by atoms with Crippen LogP contribution in [-0.2, 0) is 18.7 Å². The van der Waals surface area contributed by atoms with Gasteiger partial charge in [-0.15, -0.1) is 0 Å². The van der Waals surface area contributed by atoms with E-state index in [4.69, 9.17) is 0 Å². The van der Waals surface area contributed by atoms with Gasteiger partial charge in [-0.05, 0) is 46.7 Å². The zero-order valence-electron chi connectivity index (χ0n) is 13.9. The number of aromatic hydroxyl groups is 1. The predicted molar refractivity (Wildman–Crippen MR) is 87.0 cm³/mol. The lowest BCUT2D eigenvalue weighted by Crippen LogP contribution is -2.34. The van der Waals surface area contributed by atoms with Crippen molar-refractivity contribution in [2.75, 3.05) is 13.1 Å². The van der Waals surface area contributed by atoms with E-state index >= 15 is 0 Å². The van der Waals surface area contributed by atoms with Crippen LogP contribution in [0.5, 0.6) is 5.75 Å². The van der Waals surface area contributed by atoms with E-state index in [-0.39, 0.29) is 17.9 Å². The third-order valence-corrected chi connectivity index (χ3v) is 4.27. The largest absolute Gasteiger partial charge is 0.503 e. The molecule has 0 saturated carbocycles. The third kappa shape index (κ3) is 3.70. The summed E-state index contributed by atoms with van der Waals surface area (Å²) in [7, 11) is 0. The minimum atomic E-state index is -0.408. The molecular weight excluding hydrogens is 280 g/mol. The summed E-state index contributed by atoms with van der Waals surface area (Å²) in [4.78, 5) is 14.3. The standard InChI is InChI=1S/C17H28N2O3/c1-17(2,3)19-13(12-20)10-15(21)16(22)14(19)11-18-8-6-4-5-7-9-18/h10,20,22H,4-9,11-12H2,1-3H3. The molecule has 2 heterocycles. The van der Waals surface area contributed by atoms with Gasteiger partial charge in [-0.2, -0.15) is 0 Å². The highest BCUT2D eigenvalue weighted by Crippen LogP contribution is 2.26. The van der Waals surface area contributed by atoms with Crippen molar-refractivity contribution in [1.82, 2.24) is 9.47 Å². The zero-order valence-corrected chi connectivity index (χ0v) is 13.9. The molecule has 5 heteroatoms. The Bertz CT molecular complexity index is 564. The number of aliphatic hydroxyl groups excluding tert-OH is 1. The number of rotatable bonds is 3. The fourth-order valence-electron chi connectivity index (χ4n) is 3.31. The van der Waals surface area contributed by atoms with Crippen LogP contribution in [0.2, 0.25) is 0 Å². The number of likely N-dealkylation sites (tertiary alicyclic amines) is 1. The fraction of sp³-hybridized carbons (Fsp3) is 0.706. The van der Waals surface area contributed by atoms with Crippen LogP contribution in [0.4, 0.5) is 0 Å². The van der Waals surface area contributed by atoms with E-state index in [1.807, 2.05) is 25.3 Å². The van der Waals surface area contributed by atoms with Crippen molar-refractivity contribution in [2.24, 2.45) is 0 Å². The van der Waals surface area contributed by atoms with Crippen molar-refractivity contribution < 1.29 is 10.2 Å². The van der Waals surface area contributed by atoms with Gasteiger partial charge in [0.25, 0.3) is 0 Å². The van der Waals surface area contributed by atoms with Crippen molar-refractivity contribution >= 4 is 0 Å². The molecule has 1 aromatic heterocycles. The summed E-state index contributed by atoms with van der Waals surface area (Å²) in [6, 6.07) is 1.34. The molecule has 1 fully saturated rings. The lowest BCUT2D eigenvalue weighted by molar-refractivity contribution is 0.227. The van der Waals surface area contributed by atoms with Crippen LogP contribution in [0.1, 0.15) is 57.8 Å². The minimum absolute atomic E-state index is 0.184. The molecule has 5 nitrogen and oxygen atoms in total. The summed E-state index contributed by atoms with van der Waals surface area (Å²) in [5, 5.41) is 19.9. The second-order valence-electron chi connectivity index (χ2n) is 7.15.